The highest BCUT2D eigenvalue weighted by Crippen LogP contribution is 1.89. The minimum atomic E-state index is -3.34. The smallest absolute Gasteiger partial charge is 0.323 e. The number of hydrogen-bond donors (Lipinski definition) is 1. The first-order valence-corrected chi connectivity index (χ1v) is 5.40. The topological polar surface area (TPSA) is 72.5 Å². The molecule has 1 atom stereocenters. The molecular weight excluding hydrogens is 182 g/mol. The molecule has 12 heavy (non-hydrogen) atoms. The van der Waals surface area contributed by atoms with Crippen LogP contribution in [0.2, 0.25) is 0 Å². The van der Waals surface area contributed by atoms with Crippen molar-refractivity contribution in [2.45, 2.75) is 19.9 Å². The number of sulfonamides is 1. The third kappa shape index (κ3) is 5.09. The van der Waals surface area contributed by atoms with Gasteiger partial charge >= 0.3 is 5.97 Å². The van der Waals surface area contributed by atoms with Crippen LogP contribution in [-0.2, 0) is 19.6 Å². The van der Waals surface area contributed by atoms with Crippen LogP contribution < -0.4 is 4.72 Å². The summed E-state index contributed by atoms with van der Waals surface area (Å²) >= 11 is 0. The van der Waals surface area contributed by atoms with E-state index in [-0.39, 0.29) is 6.61 Å². The minimum absolute atomic E-state index is 0.245. The van der Waals surface area contributed by atoms with Crippen molar-refractivity contribution in [1.29, 1.82) is 0 Å². The molecule has 0 amide bonds. The van der Waals surface area contributed by atoms with E-state index < -0.39 is 22.0 Å². The summed E-state index contributed by atoms with van der Waals surface area (Å²) in [6, 6.07) is -0.819. The molecule has 0 aliphatic carbocycles. The van der Waals surface area contributed by atoms with Crippen molar-refractivity contribution >= 4 is 16.0 Å². The minimum Gasteiger partial charge on any atom is -0.465 e. The molecule has 72 valence electrons. The fraction of sp³-hybridized carbons (Fsp3) is 0.833. The van der Waals surface area contributed by atoms with Gasteiger partial charge in [-0.2, -0.15) is 0 Å². The van der Waals surface area contributed by atoms with Gasteiger partial charge in [0.05, 0.1) is 12.9 Å². The Labute approximate surface area is 72.1 Å². The van der Waals surface area contributed by atoms with Crippen molar-refractivity contribution in [1.82, 2.24) is 4.72 Å². The number of nitrogens with one attached hydrogen (secondary N) is 1. The Morgan fingerprint density at radius 3 is 2.42 bits per heavy atom. The molecule has 0 aliphatic rings. The van der Waals surface area contributed by atoms with Crippen LogP contribution in [0, 0.1) is 0 Å². The quantitative estimate of drug-likeness (QED) is 0.613. The molecule has 0 aromatic carbocycles. The summed E-state index contributed by atoms with van der Waals surface area (Å²) in [4.78, 5) is 10.9. The van der Waals surface area contributed by atoms with E-state index >= 15 is 0 Å². The lowest BCUT2D eigenvalue weighted by Crippen LogP contribution is -2.38. The first kappa shape index (κ1) is 11.4. The third-order valence-electron chi connectivity index (χ3n) is 1.03. The van der Waals surface area contributed by atoms with Crippen molar-refractivity contribution in [3.8, 4) is 0 Å². The van der Waals surface area contributed by atoms with Crippen LogP contribution in [0.15, 0.2) is 0 Å². The van der Waals surface area contributed by atoms with Crippen molar-refractivity contribution in [2.75, 3.05) is 12.9 Å². The van der Waals surface area contributed by atoms with E-state index in [9.17, 15) is 13.2 Å². The number of rotatable bonds is 4. The molecule has 0 rings (SSSR count). The highest BCUT2D eigenvalue weighted by Gasteiger charge is 2.17. The molecule has 0 aromatic rings. The summed E-state index contributed by atoms with van der Waals surface area (Å²) in [5, 5.41) is 0. The van der Waals surface area contributed by atoms with Gasteiger partial charge in [-0.1, -0.05) is 0 Å². The summed E-state index contributed by atoms with van der Waals surface area (Å²) < 4.78 is 27.9. The van der Waals surface area contributed by atoms with E-state index in [0.29, 0.717) is 0 Å². The van der Waals surface area contributed by atoms with E-state index in [1.54, 1.807) is 6.92 Å². The number of hydrogen-bond acceptors (Lipinski definition) is 4. The van der Waals surface area contributed by atoms with Crippen LogP contribution in [0.5, 0.6) is 0 Å². The summed E-state index contributed by atoms with van der Waals surface area (Å²) in [6.07, 6.45) is 0.989. The lowest BCUT2D eigenvalue weighted by atomic mass is 10.4. The summed E-state index contributed by atoms with van der Waals surface area (Å²) in [5.74, 6) is -0.567. The zero-order valence-electron chi connectivity index (χ0n) is 7.33. The van der Waals surface area contributed by atoms with Gasteiger partial charge in [-0.25, -0.2) is 13.1 Å². The Morgan fingerprint density at radius 2 is 2.08 bits per heavy atom. The van der Waals surface area contributed by atoms with Gasteiger partial charge in [-0.15, -0.1) is 0 Å². The van der Waals surface area contributed by atoms with Crippen LogP contribution in [0.25, 0.3) is 0 Å². The van der Waals surface area contributed by atoms with E-state index in [1.807, 2.05) is 0 Å². The Morgan fingerprint density at radius 1 is 1.58 bits per heavy atom. The lowest BCUT2D eigenvalue weighted by Gasteiger charge is -2.09. The Kier molecular flexibility index (Phi) is 4.19. The van der Waals surface area contributed by atoms with Crippen LogP contribution in [0.3, 0.4) is 0 Å². The Bertz CT molecular complexity index is 246. The van der Waals surface area contributed by atoms with Gasteiger partial charge in [0.15, 0.2) is 0 Å². The molecule has 0 aromatic heterocycles. The van der Waals surface area contributed by atoms with Crippen LogP contribution >= 0.6 is 0 Å². The maximum Gasteiger partial charge on any atom is 0.323 e. The van der Waals surface area contributed by atoms with Crippen LogP contribution in [0.1, 0.15) is 13.8 Å². The molecule has 6 heteroatoms. The van der Waals surface area contributed by atoms with Gasteiger partial charge in [0, 0.05) is 0 Å². The molecule has 0 saturated heterocycles. The fourth-order valence-corrected chi connectivity index (χ4v) is 1.37. The molecular formula is C6H13NO4S. The summed E-state index contributed by atoms with van der Waals surface area (Å²) in [5.41, 5.74) is 0. The highest BCUT2D eigenvalue weighted by molar-refractivity contribution is 7.88. The van der Waals surface area contributed by atoms with Crippen LogP contribution in [0.4, 0.5) is 0 Å². The number of esters is 1. The molecule has 0 aliphatic heterocycles. The fourth-order valence-electron chi connectivity index (χ4n) is 0.636. The molecule has 1 unspecified atom stereocenters. The molecule has 0 bridgehead atoms. The second-order valence-electron chi connectivity index (χ2n) is 2.36. The van der Waals surface area contributed by atoms with Gasteiger partial charge in [-0.05, 0) is 13.8 Å². The zero-order chi connectivity index (χ0) is 9.78. The molecule has 0 heterocycles. The highest BCUT2D eigenvalue weighted by atomic mass is 32.2. The normalized spacial score (nSPS) is 13.9. The average Bonchev–Trinajstić information content (AvgIpc) is 1.84. The average molecular weight is 195 g/mol. The predicted octanol–water partition coefficient (Wildman–Crippen LogP) is -0.513. The maximum absolute atomic E-state index is 10.9. The standard InChI is InChI=1S/C6H13NO4S/c1-4-11-6(8)5(2)7-12(3,9)10/h5,7H,4H2,1-3H3. The monoisotopic (exact) mass is 195 g/mol. The Balaban J connectivity index is 4.05. The van der Waals surface area contributed by atoms with E-state index in [0.717, 1.165) is 6.26 Å². The second-order valence-corrected chi connectivity index (χ2v) is 4.14. The summed E-state index contributed by atoms with van der Waals surface area (Å²) in [7, 11) is -3.34. The molecule has 1 N–H and O–H groups in total. The number of carbonyl (C=O) groups is 1. The van der Waals surface area contributed by atoms with E-state index in [2.05, 4.69) is 9.46 Å². The molecule has 0 radical (unpaired) electrons. The van der Waals surface area contributed by atoms with Crippen LogP contribution in [-0.4, -0.2) is 33.3 Å². The predicted molar refractivity (Wildman–Crippen MR) is 44.1 cm³/mol. The van der Waals surface area contributed by atoms with Gasteiger partial charge in [0.1, 0.15) is 6.04 Å². The van der Waals surface area contributed by atoms with E-state index in [4.69, 9.17) is 0 Å². The van der Waals surface area contributed by atoms with E-state index in [1.165, 1.54) is 6.92 Å². The number of ether oxygens (including phenoxy) is 1. The zero-order valence-corrected chi connectivity index (χ0v) is 8.14. The third-order valence-corrected chi connectivity index (χ3v) is 1.81. The molecule has 0 spiro atoms. The van der Waals surface area contributed by atoms with Gasteiger partial charge in [0.2, 0.25) is 10.0 Å². The van der Waals surface area contributed by atoms with Gasteiger partial charge < -0.3 is 4.74 Å². The van der Waals surface area contributed by atoms with Crippen molar-refractivity contribution in [2.24, 2.45) is 0 Å². The van der Waals surface area contributed by atoms with Crippen molar-refractivity contribution in [3.63, 3.8) is 0 Å². The van der Waals surface area contributed by atoms with Crippen molar-refractivity contribution < 1.29 is 17.9 Å². The molecule has 0 fully saturated rings. The lowest BCUT2D eigenvalue weighted by molar-refractivity contribution is -0.144. The van der Waals surface area contributed by atoms with Gasteiger partial charge in [0.25, 0.3) is 0 Å². The Hall–Kier alpha value is -0.620. The second kappa shape index (κ2) is 4.42. The van der Waals surface area contributed by atoms with Gasteiger partial charge in [-0.3, -0.25) is 4.79 Å². The maximum atomic E-state index is 10.9. The molecule has 0 saturated carbocycles. The van der Waals surface area contributed by atoms with Crippen molar-refractivity contribution in [3.05, 3.63) is 0 Å². The summed E-state index contributed by atoms with van der Waals surface area (Å²) in [6.45, 7) is 3.33. The first-order valence-electron chi connectivity index (χ1n) is 3.50. The first-order chi connectivity index (χ1) is 5.37. The SMILES string of the molecule is CCOC(=O)C(C)NS(C)(=O)=O. The largest absolute Gasteiger partial charge is 0.465 e. The number of carbonyl (C=O) groups excluding carboxylic acids is 1. The molecule has 5 nitrogen and oxygen atoms in total.